The number of fused-ring (bicyclic) bond motifs is 1. The summed E-state index contributed by atoms with van der Waals surface area (Å²) in [5.41, 5.74) is 0.999. The van der Waals surface area contributed by atoms with Gasteiger partial charge in [-0.1, -0.05) is 11.6 Å². The van der Waals surface area contributed by atoms with Crippen molar-refractivity contribution in [3.63, 3.8) is 0 Å². The van der Waals surface area contributed by atoms with E-state index in [9.17, 15) is 4.79 Å². The number of halogens is 1. The monoisotopic (exact) mass is 337 g/mol. The number of carbonyl (C=O) groups is 1. The van der Waals surface area contributed by atoms with Gasteiger partial charge in [0.1, 0.15) is 0 Å². The fraction of sp³-hybridized carbons (Fsp3) is 0.562. The maximum absolute atomic E-state index is 12.2. The van der Waals surface area contributed by atoms with E-state index in [-0.39, 0.29) is 18.7 Å². The Morgan fingerprint density at radius 1 is 1.35 bits per heavy atom. The molecule has 6 nitrogen and oxygen atoms in total. The highest BCUT2D eigenvalue weighted by molar-refractivity contribution is 6.31. The van der Waals surface area contributed by atoms with Gasteiger partial charge in [0.25, 0.3) is 0 Å². The van der Waals surface area contributed by atoms with E-state index in [1.807, 2.05) is 6.07 Å². The van der Waals surface area contributed by atoms with Crippen LogP contribution < -0.4 is 20.1 Å². The molecule has 3 aliphatic rings. The molecule has 0 radical (unpaired) electrons. The number of rotatable bonds is 4. The van der Waals surface area contributed by atoms with Gasteiger partial charge in [0.05, 0.1) is 6.04 Å². The Morgan fingerprint density at radius 2 is 2.13 bits per heavy atom. The van der Waals surface area contributed by atoms with Gasteiger partial charge in [0.15, 0.2) is 11.5 Å². The van der Waals surface area contributed by atoms with Crippen LogP contribution in [0.25, 0.3) is 0 Å². The van der Waals surface area contributed by atoms with Crippen LogP contribution in [0, 0.1) is 0 Å². The Hall–Kier alpha value is -1.50. The van der Waals surface area contributed by atoms with Crippen LogP contribution in [-0.2, 0) is 11.3 Å². The normalized spacial score (nSPS) is 23.8. The van der Waals surface area contributed by atoms with E-state index in [0.717, 1.165) is 37.2 Å². The molecule has 4 rings (SSSR count). The van der Waals surface area contributed by atoms with Gasteiger partial charge in [-0.25, -0.2) is 0 Å². The molecule has 0 bridgehead atoms. The first kappa shape index (κ1) is 15.1. The molecule has 1 aromatic carbocycles. The van der Waals surface area contributed by atoms with Crippen molar-refractivity contribution in [2.45, 2.75) is 31.5 Å². The molecule has 124 valence electrons. The SMILES string of the molecule is O=C(NC1CC1)[C@H]1CN(Cc2cc3c(cc2Cl)OCO3)CCN1. The van der Waals surface area contributed by atoms with Crippen molar-refractivity contribution in [1.29, 1.82) is 0 Å². The van der Waals surface area contributed by atoms with E-state index >= 15 is 0 Å². The van der Waals surface area contributed by atoms with Crippen LogP contribution in [0.3, 0.4) is 0 Å². The third-order valence-electron chi connectivity index (χ3n) is 4.44. The number of benzene rings is 1. The summed E-state index contributed by atoms with van der Waals surface area (Å²) in [6.07, 6.45) is 2.21. The average molecular weight is 338 g/mol. The zero-order valence-electron chi connectivity index (χ0n) is 12.8. The highest BCUT2D eigenvalue weighted by atomic mass is 35.5. The predicted molar refractivity (Wildman–Crippen MR) is 85.8 cm³/mol. The molecule has 2 aliphatic heterocycles. The van der Waals surface area contributed by atoms with Gasteiger partial charge >= 0.3 is 0 Å². The number of amides is 1. The Kier molecular flexibility index (Phi) is 4.05. The Balaban J connectivity index is 1.41. The fourth-order valence-electron chi connectivity index (χ4n) is 2.98. The van der Waals surface area contributed by atoms with E-state index < -0.39 is 0 Å². The summed E-state index contributed by atoms with van der Waals surface area (Å²) in [4.78, 5) is 14.5. The highest BCUT2D eigenvalue weighted by Gasteiger charge is 2.30. The van der Waals surface area contributed by atoms with Gasteiger partial charge in [-0.05, 0) is 24.5 Å². The predicted octanol–water partition coefficient (Wildman–Crippen LogP) is 1.12. The molecule has 23 heavy (non-hydrogen) atoms. The molecule has 1 aliphatic carbocycles. The molecular weight excluding hydrogens is 318 g/mol. The topological polar surface area (TPSA) is 62.8 Å². The number of nitrogens with one attached hydrogen (secondary N) is 2. The zero-order chi connectivity index (χ0) is 15.8. The summed E-state index contributed by atoms with van der Waals surface area (Å²) in [6.45, 7) is 3.31. The Morgan fingerprint density at radius 3 is 2.91 bits per heavy atom. The van der Waals surface area contributed by atoms with E-state index in [2.05, 4.69) is 15.5 Å². The fourth-order valence-corrected chi connectivity index (χ4v) is 3.19. The smallest absolute Gasteiger partial charge is 0.238 e. The van der Waals surface area contributed by atoms with Gasteiger partial charge in [-0.3, -0.25) is 9.69 Å². The maximum Gasteiger partial charge on any atom is 0.238 e. The number of ether oxygens (including phenoxy) is 2. The zero-order valence-corrected chi connectivity index (χ0v) is 13.6. The third kappa shape index (κ3) is 3.39. The van der Waals surface area contributed by atoms with Gasteiger partial charge in [-0.15, -0.1) is 0 Å². The lowest BCUT2D eigenvalue weighted by Crippen LogP contribution is -2.57. The summed E-state index contributed by atoms with van der Waals surface area (Å²) >= 11 is 6.35. The van der Waals surface area contributed by atoms with Gasteiger partial charge in [-0.2, -0.15) is 0 Å². The number of piperazine rings is 1. The molecule has 1 saturated carbocycles. The maximum atomic E-state index is 12.2. The van der Waals surface area contributed by atoms with Crippen molar-refractivity contribution in [1.82, 2.24) is 15.5 Å². The van der Waals surface area contributed by atoms with Crippen molar-refractivity contribution in [2.75, 3.05) is 26.4 Å². The first-order chi connectivity index (χ1) is 11.2. The van der Waals surface area contributed by atoms with E-state index in [1.165, 1.54) is 0 Å². The van der Waals surface area contributed by atoms with Gasteiger partial charge in [0.2, 0.25) is 12.7 Å². The van der Waals surface area contributed by atoms with Gasteiger partial charge < -0.3 is 20.1 Å². The van der Waals surface area contributed by atoms with Crippen molar-refractivity contribution in [3.05, 3.63) is 22.7 Å². The average Bonchev–Trinajstić information content (AvgIpc) is 3.24. The van der Waals surface area contributed by atoms with E-state index in [1.54, 1.807) is 6.07 Å². The number of hydrogen-bond acceptors (Lipinski definition) is 5. The molecule has 1 saturated heterocycles. The second kappa shape index (κ2) is 6.19. The van der Waals surface area contributed by atoms with Crippen LogP contribution in [0.15, 0.2) is 12.1 Å². The Bertz CT molecular complexity index is 621. The number of nitrogens with zero attached hydrogens (tertiary/aromatic N) is 1. The molecule has 1 amide bonds. The summed E-state index contributed by atoms with van der Waals surface area (Å²) in [6, 6.07) is 3.98. The highest BCUT2D eigenvalue weighted by Crippen LogP contribution is 2.37. The minimum Gasteiger partial charge on any atom is -0.454 e. The van der Waals surface area contributed by atoms with Crippen LogP contribution in [0.5, 0.6) is 11.5 Å². The third-order valence-corrected chi connectivity index (χ3v) is 4.79. The molecular formula is C16H20ClN3O3. The summed E-state index contributed by atoms with van der Waals surface area (Å²) in [5, 5.41) is 7.03. The molecule has 1 atom stereocenters. The lowest BCUT2D eigenvalue weighted by atomic mass is 10.1. The molecule has 0 unspecified atom stereocenters. The summed E-state index contributed by atoms with van der Waals surface area (Å²) in [7, 11) is 0. The minimum absolute atomic E-state index is 0.106. The quantitative estimate of drug-likeness (QED) is 0.862. The molecule has 0 aromatic heterocycles. The number of hydrogen-bond donors (Lipinski definition) is 2. The first-order valence-corrected chi connectivity index (χ1v) is 8.41. The van der Waals surface area contributed by atoms with Crippen LogP contribution in [0.4, 0.5) is 0 Å². The molecule has 0 spiro atoms. The van der Waals surface area contributed by atoms with Crippen LogP contribution in [0.1, 0.15) is 18.4 Å². The van der Waals surface area contributed by atoms with Gasteiger partial charge in [0, 0.05) is 43.3 Å². The molecule has 2 heterocycles. The van der Waals surface area contributed by atoms with Crippen molar-refractivity contribution >= 4 is 17.5 Å². The number of carbonyl (C=O) groups excluding carboxylic acids is 1. The van der Waals surface area contributed by atoms with Crippen molar-refractivity contribution in [3.8, 4) is 11.5 Å². The van der Waals surface area contributed by atoms with Crippen LogP contribution in [0.2, 0.25) is 5.02 Å². The lowest BCUT2D eigenvalue weighted by molar-refractivity contribution is -0.124. The van der Waals surface area contributed by atoms with E-state index in [4.69, 9.17) is 21.1 Å². The second-order valence-corrected chi connectivity index (χ2v) is 6.73. The molecule has 7 heteroatoms. The molecule has 2 N–H and O–H groups in total. The summed E-state index contributed by atoms with van der Waals surface area (Å²) in [5.74, 6) is 1.54. The first-order valence-electron chi connectivity index (χ1n) is 8.03. The van der Waals surface area contributed by atoms with Crippen LogP contribution >= 0.6 is 11.6 Å². The molecule has 2 fully saturated rings. The minimum atomic E-state index is -0.155. The van der Waals surface area contributed by atoms with Crippen molar-refractivity contribution in [2.24, 2.45) is 0 Å². The largest absolute Gasteiger partial charge is 0.454 e. The Labute approximate surface area is 140 Å². The van der Waals surface area contributed by atoms with Crippen molar-refractivity contribution < 1.29 is 14.3 Å². The standard InChI is InChI=1S/C16H20ClN3O3/c17-12-6-15-14(22-9-23-15)5-10(12)7-20-4-3-18-13(8-20)16(21)19-11-1-2-11/h5-6,11,13,18H,1-4,7-9H2,(H,19,21)/t13-/m1/s1. The van der Waals surface area contributed by atoms with Crippen LogP contribution in [-0.4, -0.2) is 49.3 Å². The lowest BCUT2D eigenvalue weighted by Gasteiger charge is -2.33. The van der Waals surface area contributed by atoms with E-state index in [0.29, 0.717) is 29.9 Å². The second-order valence-electron chi connectivity index (χ2n) is 6.32. The molecule has 1 aromatic rings. The summed E-state index contributed by atoms with van der Waals surface area (Å²) < 4.78 is 10.7.